The first-order valence-electron chi connectivity index (χ1n) is 10.5. The van der Waals surface area contributed by atoms with Crippen molar-refractivity contribution < 1.29 is 14.3 Å². The Hall–Kier alpha value is -3.28. The summed E-state index contributed by atoms with van der Waals surface area (Å²) in [5.41, 5.74) is 4.40. The molecule has 0 aliphatic carbocycles. The van der Waals surface area contributed by atoms with Crippen LogP contribution in [0.3, 0.4) is 0 Å². The molecule has 3 rings (SSSR count). The highest BCUT2D eigenvalue weighted by atomic mass is 16.5. The third-order valence-electron chi connectivity index (χ3n) is 5.35. The van der Waals surface area contributed by atoms with Crippen molar-refractivity contribution in [3.05, 3.63) is 70.9 Å². The van der Waals surface area contributed by atoms with Gasteiger partial charge in [0.25, 0.3) is 0 Å². The number of carbonyl (C=O) groups excluding carboxylic acids is 1. The first-order valence-corrected chi connectivity index (χ1v) is 10.5. The predicted molar refractivity (Wildman–Crippen MR) is 123 cm³/mol. The number of benzene rings is 2. The first-order chi connectivity index (χ1) is 14.9. The van der Waals surface area contributed by atoms with Gasteiger partial charge in [-0.1, -0.05) is 44.2 Å². The summed E-state index contributed by atoms with van der Waals surface area (Å²) in [6.07, 6.45) is 2.89. The van der Waals surface area contributed by atoms with Crippen LogP contribution in [0.15, 0.2) is 48.7 Å². The van der Waals surface area contributed by atoms with Gasteiger partial charge in [-0.15, -0.1) is 0 Å². The highest BCUT2D eigenvalue weighted by Gasteiger charge is 2.13. The van der Waals surface area contributed by atoms with Crippen molar-refractivity contribution in [3.8, 4) is 11.5 Å². The Morgan fingerprint density at radius 2 is 1.71 bits per heavy atom. The number of rotatable bonds is 9. The van der Waals surface area contributed by atoms with E-state index < -0.39 is 0 Å². The van der Waals surface area contributed by atoms with E-state index in [9.17, 15) is 4.79 Å². The fraction of sp³-hybridized carbons (Fsp3) is 0.360. The molecular formula is C25H31N3O3. The van der Waals surface area contributed by atoms with Crippen LogP contribution < -0.4 is 14.8 Å². The summed E-state index contributed by atoms with van der Waals surface area (Å²) in [5.74, 6) is 2.54. The summed E-state index contributed by atoms with van der Waals surface area (Å²) in [5, 5.41) is 7.47. The maximum Gasteiger partial charge on any atom is 0.225 e. The number of hydrogen-bond acceptors (Lipinski definition) is 4. The van der Waals surface area contributed by atoms with Gasteiger partial charge >= 0.3 is 0 Å². The fourth-order valence-electron chi connectivity index (χ4n) is 3.44. The molecule has 0 saturated carbocycles. The number of methoxy groups -OCH3 is 2. The molecule has 0 atom stereocenters. The van der Waals surface area contributed by atoms with Gasteiger partial charge < -0.3 is 14.8 Å². The Kier molecular flexibility index (Phi) is 7.34. The van der Waals surface area contributed by atoms with Gasteiger partial charge in [-0.3, -0.25) is 4.79 Å². The van der Waals surface area contributed by atoms with E-state index in [1.807, 2.05) is 25.1 Å². The molecule has 0 spiro atoms. The number of ether oxygens (including phenoxy) is 2. The lowest BCUT2D eigenvalue weighted by atomic mass is 10.0. The van der Waals surface area contributed by atoms with Crippen LogP contribution in [0.5, 0.6) is 11.5 Å². The van der Waals surface area contributed by atoms with Crippen LogP contribution in [0.4, 0.5) is 5.82 Å². The fourth-order valence-corrected chi connectivity index (χ4v) is 3.44. The molecule has 6 nitrogen and oxygen atoms in total. The molecule has 1 N–H and O–H groups in total. The molecule has 0 unspecified atom stereocenters. The molecule has 1 heterocycles. The third kappa shape index (κ3) is 5.66. The topological polar surface area (TPSA) is 65.4 Å². The van der Waals surface area contributed by atoms with E-state index in [1.165, 1.54) is 5.56 Å². The van der Waals surface area contributed by atoms with Gasteiger partial charge in [0, 0.05) is 12.0 Å². The number of aryl methyl sites for hydroxylation is 2. The van der Waals surface area contributed by atoms with Crippen LogP contribution in [0.2, 0.25) is 0 Å². The number of nitrogens with one attached hydrogen (secondary N) is 1. The zero-order chi connectivity index (χ0) is 22.4. The monoisotopic (exact) mass is 421 g/mol. The lowest BCUT2D eigenvalue weighted by molar-refractivity contribution is -0.116. The number of amides is 1. The SMILES string of the molecule is COc1ccc(Cn2ncc(C)c2NC(=O)CCc2ccc(C(C)C)cc2)cc1OC. The number of carbonyl (C=O) groups is 1. The van der Waals surface area contributed by atoms with E-state index in [0.29, 0.717) is 36.8 Å². The molecule has 1 aromatic heterocycles. The molecule has 1 amide bonds. The second-order valence-corrected chi connectivity index (χ2v) is 7.97. The average Bonchev–Trinajstić information content (AvgIpc) is 3.11. The van der Waals surface area contributed by atoms with Crippen LogP contribution in [0, 0.1) is 6.92 Å². The summed E-state index contributed by atoms with van der Waals surface area (Å²) in [6, 6.07) is 14.2. The Labute approximate surface area is 184 Å². The quantitative estimate of drug-likeness (QED) is 0.531. The number of hydrogen-bond donors (Lipinski definition) is 1. The highest BCUT2D eigenvalue weighted by molar-refractivity contribution is 5.90. The molecular weight excluding hydrogens is 390 g/mol. The van der Waals surface area contributed by atoms with Gasteiger partial charge in [-0.2, -0.15) is 5.10 Å². The minimum Gasteiger partial charge on any atom is -0.493 e. The molecule has 0 saturated heterocycles. The zero-order valence-electron chi connectivity index (χ0n) is 18.9. The summed E-state index contributed by atoms with van der Waals surface area (Å²) >= 11 is 0. The second-order valence-electron chi connectivity index (χ2n) is 7.97. The Morgan fingerprint density at radius 3 is 2.35 bits per heavy atom. The van der Waals surface area contributed by atoms with Crippen molar-refractivity contribution in [2.75, 3.05) is 19.5 Å². The minimum absolute atomic E-state index is 0.0231. The Bertz CT molecular complexity index is 1020. The van der Waals surface area contributed by atoms with E-state index in [2.05, 4.69) is 48.5 Å². The highest BCUT2D eigenvalue weighted by Crippen LogP contribution is 2.28. The summed E-state index contributed by atoms with van der Waals surface area (Å²) < 4.78 is 12.5. The van der Waals surface area contributed by atoms with Gasteiger partial charge in [-0.05, 0) is 48.1 Å². The van der Waals surface area contributed by atoms with Crippen LogP contribution in [0.1, 0.15) is 48.4 Å². The predicted octanol–water partition coefficient (Wildman–Crippen LogP) is 4.95. The molecule has 0 aliphatic heterocycles. The summed E-state index contributed by atoms with van der Waals surface area (Å²) in [4.78, 5) is 12.6. The standard InChI is InChI=1S/C25H31N3O3/c1-17(2)21-10-6-19(7-11-21)9-13-24(29)27-25-18(3)15-26-28(25)16-20-8-12-22(30-4)23(14-20)31-5/h6-8,10-12,14-15,17H,9,13,16H2,1-5H3,(H,27,29). The van der Waals surface area contributed by atoms with E-state index in [-0.39, 0.29) is 5.91 Å². The van der Waals surface area contributed by atoms with Gasteiger partial charge in [0.15, 0.2) is 11.5 Å². The van der Waals surface area contributed by atoms with E-state index in [0.717, 1.165) is 22.5 Å². The van der Waals surface area contributed by atoms with E-state index in [4.69, 9.17) is 9.47 Å². The van der Waals surface area contributed by atoms with Crippen molar-refractivity contribution in [2.45, 2.75) is 46.1 Å². The zero-order valence-corrected chi connectivity index (χ0v) is 18.9. The molecule has 0 bridgehead atoms. The molecule has 0 fully saturated rings. The normalized spacial score (nSPS) is 10.9. The first kappa shape index (κ1) is 22.4. The van der Waals surface area contributed by atoms with Crippen LogP contribution in [0.25, 0.3) is 0 Å². The van der Waals surface area contributed by atoms with Crippen LogP contribution in [-0.2, 0) is 17.8 Å². The van der Waals surface area contributed by atoms with E-state index >= 15 is 0 Å². The molecule has 6 heteroatoms. The van der Waals surface area contributed by atoms with Gasteiger partial charge in [0.2, 0.25) is 5.91 Å². The Morgan fingerprint density at radius 1 is 1.03 bits per heavy atom. The molecule has 3 aromatic rings. The maximum absolute atomic E-state index is 12.6. The lowest BCUT2D eigenvalue weighted by Crippen LogP contribution is -2.17. The molecule has 2 aromatic carbocycles. The van der Waals surface area contributed by atoms with Crippen LogP contribution >= 0.6 is 0 Å². The van der Waals surface area contributed by atoms with Gasteiger partial charge in [0.1, 0.15) is 5.82 Å². The average molecular weight is 422 g/mol. The summed E-state index contributed by atoms with van der Waals surface area (Å²) in [7, 11) is 3.22. The molecule has 31 heavy (non-hydrogen) atoms. The van der Waals surface area contributed by atoms with Crippen molar-refractivity contribution in [1.29, 1.82) is 0 Å². The number of nitrogens with zero attached hydrogens (tertiary/aromatic N) is 2. The molecule has 0 aliphatic rings. The molecule has 0 radical (unpaired) electrons. The van der Waals surface area contributed by atoms with Crippen molar-refractivity contribution in [1.82, 2.24) is 9.78 Å². The van der Waals surface area contributed by atoms with Crippen molar-refractivity contribution >= 4 is 11.7 Å². The smallest absolute Gasteiger partial charge is 0.225 e. The molecule has 164 valence electrons. The lowest BCUT2D eigenvalue weighted by Gasteiger charge is -2.13. The van der Waals surface area contributed by atoms with Gasteiger partial charge in [0.05, 0.1) is 27.0 Å². The summed E-state index contributed by atoms with van der Waals surface area (Å²) in [6.45, 7) is 6.81. The van der Waals surface area contributed by atoms with E-state index in [1.54, 1.807) is 25.1 Å². The van der Waals surface area contributed by atoms with Crippen molar-refractivity contribution in [3.63, 3.8) is 0 Å². The second kappa shape index (κ2) is 10.2. The maximum atomic E-state index is 12.6. The third-order valence-corrected chi connectivity index (χ3v) is 5.35. The minimum atomic E-state index is -0.0231. The number of aromatic nitrogens is 2. The van der Waals surface area contributed by atoms with Gasteiger partial charge in [-0.25, -0.2) is 4.68 Å². The Balaban J connectivity index is 1.64. The van der Waals surface area contributed by atoms with Crippen LogP contribution in [-0.4, -0.2) is 29.9 Å². The largest absolute Gasteiger partial charge is 0.493 e. The van der Waals surface area contributed by atoms with Crippen molar-refractivity contribution in [2.24, 2.45) is 0 Å². The number of anilines is 1.